The molecular weight excluding hydrogens is 466 g/mol. The van der Waals surface area contributed by atoms with Gasteiger partial charge in [-0.3, -0.25) is 4.79 Å². The Labute approximate surface area is 203 Å². The SMILES string of the molecule is Cc1ccc(S(=O)(=O)N2Cc3ccccc3C[C@H]2C(=O)Nc2nc3c(C)cc(C)cc3s2)cc1. The van der Waals surface area contributed by atoms with Crippen LogP contribution < -0.4 is 5.32 Å². The zero-order valence-corrected chi connectivity index (χ0v) is 20.8. The summed E-state index contributed by atoms with van der Waals surface area (Å²) in [5.41, 5.74) is 5.89. The van der Waals surface area contributed by atoms with Gasteiger partial charge in [0, 0.05) is 6.54 Å². The molecule has 1 atom stereocenters. The van der Waals surface area contributed by atoms with Crippen molar-refractivity contribution < 1.29 is 13.2 Å². The molecule has 1 aromatic heterocycles. The minimum absolute atomic E-state index is 0.141. The molecule has 0 radical (unpaired) electrons. The number of carbonyl (C=O) groups excluding carboxylic acids is 1. The lowest BCUT2D eigenvalue weighted by atomic mass is 9.95. The highest BCUT2D eigenvalue weighted by atomic mass is 32.2. The molecule has 1 aliphatic rings. The van der Waals surface area contributed by atoms with Crippen molar-refractivity contribution in [3.63, 3.8) is 0 Å². The van der Waals surface area contributed by atoms with Gasteiger partial charge < -0.3 is 5.32 Å². The topological polar surface area (TPSA) is 79.4 Å². The van der Waals surface area contributed by atoms with Crippen LogP contribution in [0.15, 0.2) is 65.6 Å². The molecular formula is C26H25N3O3S2. The van der Waals surface area contributed by atoms with E-state index in [2.05, 4.69) is 16.4 Å². The molecule has 1 aliphatic heterocycles. The summed E-state index contributed by atoms with van der Waals surface area (Å²) in [6.45, 7) is 6.07. The summed E-state index contributed by atoms with van der Waals surface area (Å²) in [6.07, 6.45) is 0.302. The molecule has 0 unspecified atom stereocenters. The summed E-state index contributed by atoms with van der Waals surface area (Å²) in [7, 11) is -3.89. The van der Waals surface area contributed by atoms with E-state index < -0.39 is 16.1 Å². The van der Waals surface area contributed by atoms with Crippen LogP contribution in [0.3, 0.4) is 0 Å². The van der Waals surface area contributed by atoms with Crippen LogP contribution >= 0.6 is 11.3 Å². The van der Waals surface area contributed by atoms with E-state index >= 15 is 0 Å². The van der Waals surface area contributed by atoms with Gasteiger partial charge in [0.1, 0.15) is 6.04 Å². The Morgan fingerprint density at radius 2 is 1.71 bits per heavy atom. The minimum Gasteiger partial charge on any atom is -0.301 e. The average Bonchev–Trinajstić information content (AvgIpc) is 3.21. The van der Waals surface area contributed by atoms with Gasteiger partial charge >= 0.3 is 0 Å². The number of rotatable bonds is 4. The fourth-order valence-corrected chi connectivity index (χ4v) is 7.04. The van der Waals surface area contributed by atoms with Gasteiger partial charge in [-0.1, -0.05) is 59.4 Å². The third-order valence-electron chi connectivity index (χ3n) is 6.20. The van der Waals surface area contributed by atoms with Crippen LogP contribution in [0.1, 0.15) is 27.8 Å². The van der Waals surface area contributed by atoms with Gasteiger partial charge in [-0.15, -0.1) is 0 Å². The van der Waals surface area contributed by atoms with Crippen molar-refractivity contribution >= 4 is 42.6 Å². The van der Waals surface area contributed by atoms with Gasteiger partial charge in [0.15, 0.2) is 5.13 Å². The van der Waals surface area contributed by atoms with Gasteiger partial charge in [0.05, 0.1) is 15.1 Å². The summed E-state index contributed by atoms with van der Waals surface area (Å²) < 4.78 is 29.6. The predicted molar refractivity (Wildman–Crippen MR) is 136 cm³/mol. The highest BCUT2D eigenvalue weighted by Crippen LogP contribution is 2.32. The minimum atomic E-state index is -3.89. The van der Waals surface area contributed by atoms with E-state index in [0.717, 1.165) is 38.0 Å². The number of nitrogens with zero attached hydrogens (tertiary/aromatic N) is 2. The van der Waals surface area contributed by atoms with E-state index in [1.165, 1.54) is 15.6 Å². The maximum atomic E-state index is 13.6. The molecule has 34 heavy (non-hydrogen) atoms. The molecule has 0 saturated carbocycles. The maximum Gasteiger partial charge on any atom is 0.244 e. The van der Waals surface area contributed by atoms with Crippen LogP contribution in [0.25, 0.3) is 10.2 Å². The monoisotopic (exact) mass is 491 g/mol. The molecule has 1 amide bonds. The van der Waals surface area contributed by atoms with E-state index in [-0.39, 0.29) is 17.3 Å². The number of fused-ring (bicyclic) bond motifs is 2. The molecule has 3 aromatic carbocycles. The van der Waals surface area contributed by atoms with Gasteiger partial charge in [-0.05, 0) is 67.6 Å². The lowest BCUT2D eigenvalue weighted by Crippen LogP contribution is -2.50. The van der Waals surface area contributed by atoms with Crippen LogP contribution in [-0.4, -0.2) is 29.7 Å². The largest absolute Gasteiger partial charge is 0.301 e. The Hall–Kier alpha value is -3.07. The molecule has 174 valence electrons. The van der Waals surface area contributed by atoms with E-state index in [1.54, 1.807) is 24.3 Å². The molecule has 1 N–H and O–H groups in total. The van der Waals surface area contributed by atoms with Crippen molar-refractivity contribution in [2.45, 2.75) is 44.7 Å². The molecule has 0 fully saturated rings. The number of nitrogens with one attached hydrogen (secondary N) is 1. The fourth-order valence-electron chi connectivity index (χ4n) is 4.43. The third-order valence-corrected chi connectivity index (χ3v) is 8.98. The predicted octanol–water partition coefficient (Wildman–Crippen LogP) is 4.98. The molecule has 0 saturated heterocycles. The summed E-state index contributed by atoms with van der Waals surface area (Å²) in [6, 6.07) is 17.6. The lowest BCUT2D eigenvalue weighted by Gasteiger charge is -2.34. The standard InChI is InChI=1S/C26H25N3O3S2/c1-16-8-10-21(11-9-16)34(31,32)29-15-20-7-5-4-6-19(20)14-22(29)25(30)28-26-27-24-18(3)12-17(2)13-23(24)33-26/h4-13,22H,14-15H2,1-3H3,(H,27,28,30)/t22-/m0/s1. The Kier molecular flexibility index (Phi) is 5.75. The van der Waals surface area contributed by atoms with Crippen molar-refractivity contribution in [1.82, 2.24) is 9.29 Å². The zero-order chi connectivity index (χ0) is 24.0. The third kappa shape index (κ3) is 4.13. The number of anilines is 1. The van der Waals surface area contributed by atoms with Crippen molar-refractivity contribution in [2.75, 3.05) is 5.32 Å². The van der Waals surface area contributed by atoms with Gasteiger partial charge in [0.2, 0.25) is 15.9 Å². The van der Waals surface area contributed by atoms with E-state index in [0.29, 0.717) is 11.6 Å². The average molecular weight is 492 g/mol. The molecule has 4 aromatic rings. The Morgan fingerprint density at radius 3 is 2.44 bits per heavy atom. The molecule has 0 bridgehead atoms. The number of thiazole rings is 1. The van der Waals surface area contributed by atoms with E-state index in [1.807, 2.05) is 51.1 Å². The van der Waals surface area contributed by atoms with Crippen LogP contribution in [-0.2, 0) is 27.8 Å². The number of amides is 1. The molecule has 6 nitrogen and oxygen atoms in total. The van der Waals surface area contributed by atoms with Gasteiger partial charge in [-0.25, -0.2) is 13.4 Å². The molecule has 5 rings (SSSR count). The van der Waals surface area contributed by atoms with Crippen molar-refractivity contribution in [3.05, 3.63) is 88.5 Å². The second-order valence-electron chi connectivity index (χ2n) is 8.79. The van der Waals surface area contributed by atoms with E-state index in [9.17, 15) is 13.2 Å². The Morgan fingerprint density at radius 1 is 1.00 bits per heavy atom. The normalized spacial score (nSPS) is 16.4. The van der Waals surface area contributed by atoms with Crippen LogP contribution in [0.5, 0.6) is 0 Å². The van der Waals surface area contributed by atoms with Gasteiger partial charge in [-0.2, -0.15) is 4.31 Å². The van der Waals surface area contributed by atoms with Crippen LogP contribution in [0.4, 0.5) is 5.13 Å². The molecule has 2 heterocycles. The van der Waals surface area contributed by atoms with Crippen LogP contribution in [0.2, 0.25) is 0 Å². The Balaban J connectivity index is 1.51. The number of sulfonamides is 1. The molecule has 8 heteroatoms. The van der Waals surface area contributed by atoms with Crippen LogP contribution in [0, 0.1) is 20.8 Å². The highest BCUT2D eigenvalue weighted by Gasteiger charge is 2.39. The molecule has 0 spiro atoms. The first-order valence-electron chi connectivity index (χ1n) is 11.1. The lowest BCUT2D eigenvalue weighted by molar-refractivity contribution is -0.120. The summed E-state index contributed by atoms with van der Waals surface area (Å²) >= 11 is 1.40. The second kappa shape index (κ2) is 8.61. The summed E-state index contributed by atoms with van der Waals surface area (Å²) in [5.74, 6) is -0.376. The zero-order valence-electron chi connectivity index (χ0n) is 19.2. The van der Waals surface area contributed by atoms with E-state index in [4.69, 9.17) is 0 Å². The Bertz CT molecular complexity index is 1510. The number of hydrogen-bond donors (Lipinski definition) is 1. The first-order valence-corrected chi connectivity index (χ1v) is 13.3. The second-order valence-corrected chi connectivity index (χ2v) is 11.7. The van der Waals surface area contributed by atoms with Crippen molar-refractivity contribution in [3.8, 4) is 0 Å². The summed E-state index contributed by atoms with van der Waals surface area (Å²) in [4.78, 5) is 18.3. The number of benzene rings is 3. The summed E-state index contributed by atoms with van der Waals surface area (Å²) in [5, 5.41) is 3.38. The highest BCUT2D eigenvalue weighted by molar-refractivity contribution is 7.89. The van der Waals surface area contributed by atoms with Crippen molar-refractivity contribution in [2.24, 2.45) is 0 Å². The smallest absolute Gasteiger partial charge is 0.244 e. The number of carbonyl (C=O) groups is 1. The number of aryl methyl sites for hydroxylation is 3. The molecule has 0 aliphatic carbocycles. The first-order chi connectivity index (χ1) is 16.2. The first kappa shape index (κ1) is 22.7. The van der Waals surface area contributed by atoms with Gasteiger partial charge in [0.25, 0.3) is 0 Å². The number of hydrogen-bond acceptors (Lipinski definition) is 5. The van der Waals surface area contributed by atoms with Crippen molar-refractivity contribution in [1.29, 1.82) is 0 Å². The fraction of sp³-hybridized carbons (Fsp3) is 0.231. The number of aromatic nitrogens is 1. The quantitative estimate of drug-likeness (QED) is 0.437. The maximum absolute atomic E-state index is 13.6.